The van der Waals surface area contributed by atoms with Crippen LogP contribution in [0.4, 0.5) is 5.69 Å². The molecule has 0 atom stereocenters. The molecule has 0 saturated carbocycles. The van der Waals surface area contributed by atoms with Crippen molar-refractivity contribution >= 4 is 61.7 Å². The Morgan fingerprint density at radius 1 is 1.02 bits per heavy atom. The van der Waals surface area contributed by atoms with Crippen molar-refractivity contribution in [3.63, 3.8) is 0 Å². The van der Waals surface area contributed by atoms with Gasteiger partial charge in [-0.3, -0.25) is 9.59 Å². The Labute approximate surface area is 311 Å². The number of thiol groups is 1. The molecule has 0 bridgehead atoms. The maximum absolute atomic E-state index is 14.2. The first kappa shape index (κ1) is 40.1. The second kappa shape index (κ2) is 16.9. The number of piperidine rings is 1. The average Bonchev–Trinajstić information content (AvgIpc) is 3.10. The van der Waals surface area contributed by atoms with E-state index in [4.69, 9.17) is 9.30 Å². The molecular formula is C34H38N3O13S3-. The van der Waals surface area contributed by atoms with Gasteiger partial charge < -0.3 is 28.8 Å². The van der Waals surface area contributed by atoms with Gasteiger partial charge in [0.2, 0.25) is 5.36 Å². The first-order valence-electron chi connectivity index (χ1n) is 16.6. The molecule has 1 amide bonds. The van der Waals surface area contributed by atoms with E-state index in [1.54, 1.807) is 25.1 Å². The van der Waals surface area contributed by atoms with Gasteiger partial charge in [-0.25, -0.2) is 26.7 Å². The number of benzene rings is 3. The van der Waals surface area contributed by atoms with Gasteiger partial charge in [0.15, 0.2) is 0 Å². The fourth-order valence-corrected chi connectivity index (χ4v) is 7.36. The summed E-state index contributed by atoms with van der Waals surface area (Å²) in [6.07, 6.45) is 1.06. The van der Waals surface area contributed by atoms with Gasteiger partial charge in [-0.15, -0.1) is 4.33 Å². The third kappa shape index (κ3) is 9.92. The van der Waals surface area contributed by atoms with Crippen molar-refractivity contribution in [2.24, 2.45) is 5.92 Å². The van der Waals surface area contributed by atoms with Crippen molar-refractivity contribution in [2.75, 3.05) is 43.9 Å². The molecule has 2 aliphatic heterocycles. The van der Waals surface area contributed by atoms with E-state index in [2.05, 4.69) is 32.6 Å². The van der Waals surface area contributed by atoms with Gasteiger partial charge in [-0.05, 0) is 74.6 Å². The van der Waals surface area contributed by atoms with Crippen LogP contribution in [-0.2, 0) is 39.3 Å². The highest BCUT2D eigenvalue weighted by Gasteiger charge is 2.31. The lowest BCUT2D eigenvalue weighted by molar-refractivity contribution is -0.508. The van der Waals surface area contributed by atoms with Crippen molar-refractivity contribution in [2.45, 2.75) is 44.4 Å². The molecule has 0 unspecified atom stereocenters. The number of aliphatic carboxylic acids is 1. The summed E-state index contributed by atoms with van der Waals surface area (Å²) in [5.41, 5.74) is 3.50. The first-order chi connectivity index (χ1) is 25.1. The van der Waals surface area contributed by atoms with Gasteiger partial charge in [0.25, 0.3) is 5.91 Å². The second-order valence-corrected chi connectivity index (χ2v) is 15.7. The zero-order valence-electron chi connectivity index (χ0n) is 28.7. The van der Waals surface area contributed by atoms with Crippen LogP contribution in [0.25, 0.3) is 33.4 Å². The van der Waals surface area contributed by atoms with Crippen LogP contribution in [0.15, 0.2) is 51.8 Å². The molecule has 0 radical (unpaired) electrons. The smallest absolute Gasteiger partial charge is 0.306 e. The zero-order valence-corrected chi connectivity index (χ0v) is 31.3. The molecule has 5 rings (SSSR count). The monoisotopic (exact) mass is 792 g/mol. The number of carbonyl (C=O) groups excluding carboxylic acids is 1. The molecule has 1 fully saturated rings. The summed E-state index contributed by atoms with van der Waals surface area (Å²) in [5, 5.41) is 18.1. The predicted molar refractivity (Wildman–Crippen MR) is 190 cm³/mol. The number of amides is 1. The Bertz CT molecular complexity index is 2270. The summed E-state index contributed by atoms with van der Waals surface area (Å²) in [6, 6.07) is 10.6. The number of likely N-dealkylation sites (tertiary alicyclic amines) is 1. The molecule has 2 aromatic rings. The van der Waals surface area contributed by atoms with Crippen molar-refractivity contribution in [3.05, 3.63) is 64.5 Å². The maximum atomic E-state index is 14.2. The van der Waals surface area contributed by atoms with Crippen LogP contribution >= 0.6 is 12.9 Å². The predicted octanol–water partition coefficient (Wildman–Crippen LogP) is 2.11. The largest absolute Gasteiger partial charge is 0.748 e. The average molecular weight is 793 g/mol. The van der Waals surface area contributed by atoms with Crippen LogP contribution in [0.2, 0.25) is 0 Å². The number of hydrogen-bond acceptors (Lipinski definition) is 14. The number of carboxylic acid groups (broad SMARTS) is 1. The first-order valence-corrected chi connectivity index (χ1v) is 19.9. The van der Waals surface area contributed by atoms with E-state index in [1.807, 2.05) is 13.0 Å². The number of carbonyl (C=O) groups is 2. The number of rotatable bonds is 15. The van der Waals surface area contributed by atoms with Crippen LogP contribution in [0.1, 0.15) is 47.2 Å². The summed E-state index contributed by atoms with van der Waals surface area (Å²) >= 11 is 3.43. The summed E-state index contributed by atoms with van der Waals surface area (Å²) < 4.78 is 81.0. The molecule has 3 aliphatic rings. The zero-order chi connectivity index (χ0) is 38.5. The van der Waals surface area contributed by atoms with Crippen molar-refractivity contribution < 1.29 is 64.3 Å². The number of anilines is 1. The van der Waals surface area contributed by atoms with Gasteiger partial charge in [0, 0.05) is 84.1 Å². The van der Waals surface area contributed by atoms with Crippen LogP contribution in [0, 0.1) is 19.8 Å². The van der Waals surface area contributed by atoms with Crippen LogP contribution in [0.3, 0.4) is 0 Å². The van der Waals surface area contributed by atoms with Gasteiger partial charge in [-0.2, -0.15) is 0 Å². The topological polar surface area (TPSA) is 239 Å². The Balaban J connectivity index is 1.71. The van der Waals surface area contributed by atoms with Crippen LogP contribution in [0.5, 0.6) is 0 Å². The van der Waals surface area contributed by atoms with Gasteiger partial charge in [0.05, 0.1) is 33.6 Å². The maximum Gasteiger partial charge on any atom is 0.306 e. The lowest BCUT2D eigenvalue weighted by Crippen LogP contribution is -2.77. The Hall–Kier alpha value is -4.08. The SMILES string of the molecule is Cc1cc2c(-c3cc(S(=O)(=O)[O-])ccc3C(=O)N3CCC(C(=O)O)CC3)c3cc(C)c(=[NH+]CCCOOOS)cc-3oc2cc1NCCCS(=O)(=O)[O-]. The number of fused-ring (bicyclic) bond motifs is 2. The quantitative estimate of drug-likeness (QED) is 0.0257. The molecule has 1 saturated heterocycles. The number of hydrogen-bond donors (Lipinski definition) is 4. The van der Waals surface area contributed by atoms with Crippen molar-refractivity contribution in [1.82, 2.24) is 4.90 Å². The molecule has 0 aromatic heterocycles. The minimum atomic E-state index is -4.98. The molecule has 53 heavy (non-hydrogen) atoms. The molecule has 1 aliphatic carbocycles. The van der Waals surface area contributed by atoms with E-state index in [-0.39, 0.29) is 56.6 Å². The van der Waals surface area contributed by atoms with Gasteiger partial charge >= 0.3 is 5.97 Å². The van der Waals surface area contributed by atoms with E-state index in [9.17, 15) is 40.6 Å². The van der Waals surface area contributed by atoms with Gasteiger partial charge in [-0.1, -0.05) is 5.04 Å². The molecular weight excluding hydrogens is 755 g/mol. The standard InChI is InChI=1S/C34H39N3O13S3/c1-20-15-26-30(18-28(20)35-9-3-13-47-49-50-51)48-31-19-29(36-10-4-14-52(41,42)43)21(2)16-27(31)32(26)25-17-23(53(44,45)46)5-6-24(25)33(38)37-11-7-22(8-12-37)34(39)40/h5-6,15-19,22,36,51H,3-4,7-14H2,1-2H3,(H,39,40)(H,41,42,43)(H,44,45,46)/p-1. The molecule has 2 aromatic carbocycles. The Morgan fingerprint density at radius 2 is 1.75 bits per heavy atom. The minimum absolute atomic E-state index is 0.0577. The van der Waals surface area contributed by atoms with E-state index < -0.39 is 48.7 Å². The van der Waals surface area contributed by atoms with Crippen LogP contribution < -0.4 is 15.7 Å². The Morgan fingerprint density at radius 3 is 2.42 bits per heavy atom. The fraction of sp³-hybridized carbons (Fsp3) is 0.382. The third-order valence-corrected chi connectivity index (χ3v) is 10.7. The molecule has 286 valence electrons. The molecule has 2 heterocycles. The van der Waals surface area contributed by atoms with E-state index in [0.717, 1.165) is 11.6 Å². The minimum Gasteiger partial charge on any atom is -0.748 e. The summed E-state index contributed by atoms with van der Waals surface area (Å²) in [4.78, 5) is 34.8. The number of nitrogens with zero attached hydrogens (tertiary/aromatic N) is 1. The van der Waals surface area contributed by atoms with Gasteiger partial charge in [0.1, 0.15) is 28.0 Å². The van der Waals surface area contributed by atoms with Crippen LogP contribution in [-0.4, -0.2) is 86.4 Å². The second-order valence-electron chi connectivity index (χ2n) is 12.7. The van der Waals surface area contributed by atoms with E-state index in [1.165, 1.54) is 17.0 Å². The molecule has 19 heteroatoms. The highest BCUT2D eigenvalue weighted by atomic mass is 32.2. The number of aryl methyl sites for hydroxylation is 2. The number of nitrogens with one attached hydrogen (secondary N) is 2. The van der Waals surface area contributed by atoms with E-state index in [0.29, 0.717) is 57.4 Å². The van der Waals surface area contributed by atoms with E-state index >= 15 is 0 Å². The van der Waals surface area contributed by atoms with Crippen molar-refractivity contribution in [1.29, 1.82) is 0 Å². The number of carboxylic acids is 1. The highest BCUT2D eigenvalue weighted by molar-refractivity contribution is 7.86. The van der Waals surface area contributed by atoms with Crippen molar-refractivity contribution in [3.8, 4) is 22.5 Å². The Kier molecular flexibility index (Phi) is 12.8. The lowest BCUT2D eigenvalue weighted by atomic mass is 9.88. The summed E-state index contributed by atoms with van der Waals surface area (Å²) in [5.74, 6) is -2.21. The summed E-state index contributed by atoms with van der Waals surface area (Å²) in [6.45, 7) is 4.77. The molecule has 0 spiro atoms. The molecule has 16 nitrogen and oxygen atoms in total. The third-order valence-electron chi connectivity index (χ3n) is 9.01. The lowest BCUT2D eigenvalue weighted by Gasteiger charge is -2.31. The normalized spacial score (nSPS) is 14.7. The highest BCUT2D eigenvalue weighted by Crippen LogP contribution is 2.44. The fourth-order valence-electron chi connectivity index (χ4n) is 6.32. The summed E-state index contributed by atoms with van der Waals surface area (Å²) in [7, 11) is -9.38. The molecule has 3 N–H and O–H groups in total.